The average molecular weight is 353 g/mol. The van der Waals surface area contributed by atoms with E-state index in [0.29, 0.717) is 5.56 Å². The van der Waals surface area contributed by atoms with Gasteiger partial charge in [0, 0.05) is 17.5 Å². The lowest BCUT2D eigenvalue weighted by Gasteiger charge is -2.09. The molecular formula is C15H15NO5S2. The minimum absolute atomic E-state index is 0.00897. The standard InChI is InChI=1S/C15H15NO5S2/c1-11(17)12-3-7-15(8-4-12)23(20,21)16-13-5-9-14(10-6-13)22(2,18)19/h3-10,16H,1-2H3. The van der Waals surface area contributed by atoms with Crippen molar-refractivity contribution in [3.8, 4) is 0 Å². The van der Waals surface area contributed by atoms with E-state index in [9.17, 15) is 21.6 Å². The van der Waals surface area contributed by atoms with Crippen LogP contribution in [0.1, 0.15) is 17.3 Å². The van der Waals surface area contributed by atoms with Crippen molar-refractivity contribution < 1.29 is 21.6 Å². The van der Waals surface area contributed by atoms with Crippen molar-refractivity contribution in [1.82, 2.24) is 0 Å². The van der Waals surface area contributed by atoms with Gasteiger partial charge in [0.1, 0.15) is 0 Å². The van der Waals surface area contributed by atoms with Crippen LogP contribution in [0.2, 0.25) is 0 Å². The van der Waals surface area contributed by atoms with E-state index in [-0.39, 0.29) is 21.3 Å². The Kier molecular flexibility index (Phi) is 4.58. The molecule has 0 aliphatic carbocycles. The molecule has 0 aliphatic rings. The Labute approximate surface area is 135 Å². The highest BCUT2D eigenvalue weighted by Gasteiger charge is 2.15. The molecule has 0 unspecified atom stereocenters. The fourth-order valence-corrected chi connectivity index (χ4v) is 3.54. The van der Waals surface area contributed by atoms with Gasteiger partial charge < -0.3 is 0 Å². The van der Waals surface area contributed by atoms with Gasteiger partial charge in [-0.15, -0.1) is 0 Å². The number of carbonyl (C=O) groups excluding carboxylic acids is 1. The zero-order chi connectivity index (χ0) is 17.3. The van der Waals surface area contributed by atoms with Crippen LogP contribution in [0.25, 0.3) is 0 Å². The zero-order valence-corrected chi connectivity index (χ0v) is 14.1. The minimum Gasteiger partial charge on any atom is -0.295 e. The maximum absolute atomic E-state index is 12.3. The number of Topliss-reactive ketones (excluding diaryl/α,β-unsaturated/α-hetero) is 1. The van der Waals surface area contributed by atoms with Crippen LogP contribution >= 0.6 is 0 Å². The maximum atomic E-state index is 12.3. The number of hydrogen-bond donors (Lipinski definition) is 1. The van der Waals surface area contributed by atoms with Crippen molar-refractivity contribution in [3.63, 3.8) is 0 Å². The van der Waals surface area contributed by atoms with Gasteiger partial charge in [-0.05, 0) is 43.3 Å². The first-order chi connectivity index (χ1) is 10.6. The molecule has 0 saturated carbocycles. The normalized spacial score (nSPS) is 11.9. The van der Waals surface area contributed by atoms with E-state index in [1.165, 1.54) is 55.5 Å². The molecule has 122 valence electrons. The summed E-state index contributed by atoms with van der Waals surface area (Å²) in [6.07, 6.45) is 1.07. The van der Waals surface area contributed by atoms with Gasteiger partial charge in [-0.1, -0.05) is 12.1 Å². The minimum atomic E-state index is -3.81. The summed E-state index contributed by atoms with van der Waals surface area (Å²) in [5.74, 6) is -0.154. The van der Waals surface area contributed by atoms with Crippen LogP contribution in [-0.2, 0) is 19.9 Å². The fourth-order valence-electron chi connectivity index (χ4n) is 1.85. The molecule has 0 saturated heterocycles. The molecule has 2 rings (SSSR count). The number of sulfone groups is 1. The van der Waals surface area contributed by atoms with Gasteiger partial charge in [0.15, 0.2) is 15.6 Å². The second-order valence-corrected chi connectivity index (χ2v) is 8.68. The van der Waals surface area contributed by atoms with E-state index in [1.807, 2.05) is 0 Å². The molecule has 0 radical (unpaired) electrons. The number of sulfonamides is 1. The van der Waals surface area contributed by atoms with Crippen molar-refractivity contribution in [2.45, 2.75) is 16.7 Å². The van der Waals surface area contributed by atoms with Crippen LogP contribution in [-0.4, -0.2) is 28.9 Å². The van der Waals surface area contributed by atoms with Crippen molar-refractivity contribution in [2.24, 2.45) is 0 Å². The lowest BCUT2D eigenvalue weighted by molar-refractivity contribution is 0.101. The molecule has 23 heavy (non-hydrogen) atoms. The average Bonchev–Trinajstić information content (AvgIpc) is 2.46. The van der Waals surface area contributed by atoms with Gasteiger partial charge in [0.25, 0.3) is 10.0 Å². The number of nitrogens with one attached hydrogen (secondary N) is 1. The van der Waals surface area contributed by atoms with E-state index >= 15 is 0 Å². The molecule has 1 N–H and O–H groups in total. The lowest BCUT2D eigenvalue weighted by atomic mass is 10.2. The van der Waals surface area contributed by atoms with Crippen LogP contribution in [0.3, 0.4) is 0 Å². The molecular weight excluding hydrogens is 338 g/mol. The summed E-state index contributed by atoms with van der Waals surface area (Å²) in [6.45, 7) is 1.39. The number of rotatable bonds is 5. The van der Waals surface area contributed by atoms with E-state index < -0.39 is 19.9 Å². The van der Waals surface area contributed by atoms with Gasteiger partial charge in [-0.2, -0.15) is 0 Å². The van der Waals surface area contributed by atoms with Crippen LogP contribution < -0.4 is 4.72 Å². The van der Waals surface area contributed by atoms with Gasteiger partial charge in [-0.25, -0.2) is 16.8 Å². The predicted molar refractivity (Wildman–Crippen MR) is 86.8 cm³/mol. The number of anilines is 1. The topological polar surface area (TPSA) is 97.4 Å². The largest absolute Gasteiger partial charge is 0.295 e. The molecule has 0 spiro atoms. The van der Waals surface area contributed by atoms with Crippen LogP contribution in [0.5, 0.6) is 0 Å². The Morgan fingerprint density at radius 3 is 1.74 bits per heavy atom. The third kappa shape index (κ3) is 4.17. The molecule has 0 bridgehead atoms. The predicted octanol–water partition coefficient (Wildman–Crippen LogP) is 2.09. The van der Waals surface area contributed by atoms with Gasteiger partial charge in [-0.3, -0.25) is 9.52 Å². The summed E-state index contributed by atoms with van der Waals surface area (Å²) in [6, 6.07) is 10.9. The molecule has 0 heterocycles. The summed E-state index contributed by atoms with van der Waals surface area (Å²) >= 11 is 0. The first-order valence-corrected chi connectivity index (χ1v) is 9.91. The third-order valence-electron chi connectivity index (χ3n) is 3.11. The van der Waals surface area contributed by atoms with E-state index in [2.05, 4.69) is 4.72 Å². The maximum Gasteiger partial charge on any atom is 0.261 e. The van der Waals surface area contributed by atoms with E-state index in [1.54, 1.807) is 0 Å². The quantitative estimate of drug-likeness (QED) is 0.830. The van der Waals surface area contributed by atoms with E-state index in [4.69, 9.17) is 0 Å². The molecule has 8 heteroatoms. The molecule has 0 amide bonds. The Hall–Kier alpha value is -2.19. The van der Waals surface area contributed by atoms with Crippen LogP contribution in [0.15, 0.2) is 58.3 Å². The second kappa shape index (κ2) is 6.13. The summed E-state index contributed by atoms with van der Waals surface area (Å²) in [5.41, 5.74) is 0.662. The Morgan fingerprint density at radius 1 is 0.826 bits per heavy atom. The van der Waals surface area contributed by atoms with Crippen molar-refractivity contribution >= 4 is 31.3 Å². The fraction of sp³-hybridized carbons (Fsp3) is 0.133. The first kappa shape index (κ1) is 17.2. The molecule has 0 fully saturated rings. The monoisotopic (exact) mass is 353 g/mol. The number of carbonyl (C=O) groups is 1. The van der Waals surface area contributed by atoms with Gasteiger partial charge in [0.2, 0.25) is 0 Å². The number of benzene rings is 2. The highest BCUT2D eigenvalue weighted by molar-refractivity contribution is 7.92. The molecule has 2 aromatic carbocycles. The number of hydrogen-bond acceptors (Lipinski definition) is 5. The summed E-state index contributed by atoms with van der Waals surface area (Å²) in [5, 5.41) is 0. The summed E-state index contributed by atoms with van der Waals surface area (Å²) in [4.78, 5) is 11.3. The Morgan fingerprint density at radius 2 is 1.30 bits per heavy atom. The second-order valence-electron chi connectivity index (χ2n) is 4.98. The lowest BCUT2D eigenvalue weighted by Crippen LogP contribution is -2.13. The van der Waals surface area contributed by atoms with Crippen molar-refractivity contribution in [3.05, 3.63) is 54.1 Å². The molecule has 0 atom stereocenters. The third-order valence-corrected chi connectivity index (χ3v) is 5.63. The van der Waals surface area contributed by atoms with Crippen LogP contribution in [0.4, 0.5) is 5.69 Å². The van der Waals surface area contributed by atoms with Crippen LogP contribution in [0, 0.1) is 0 Å². The molecule has 0 aliphatic heterocycles. The zero-order valence-electron chi connectivity index (χ0n) is 12.5. The molecule has 2 aromatic rings. The SMILES string of the molecule is CC(=O)c1ccc(S(=O)(=O)Nc2ccc(S(C)(=O)=O)cc2)cc1. The summed E-state index contributed by atoms with van der Waals surface area (Å²) < 4.78 is 49.6. The Bertz CT molecular complexity index is 928. The Balaban J connectivity index is 2.26. The molecule has 6 nitrogen and oxygen atoms in total. The van der Waals surface area contributed by atoms with E-state index in [0.717, 1.165) is 6.26 Å². The highest BCUT2D eigenvalue weighted by Crippen LogP contribution is 2.19. The van der Waals surface area contributed by atoms with Gasteiger partial charge in [0.05, 0.1) is 9.79 Å². The van der Waals surface area contributed by atoms with Crippen molar-refractivity contribution in [1.29, 1.82) is 0 Å². The smallest absolute Gasteiger partial charge is 0.261 e. The molecule has 0 aromatic heterocycles. The summed E-state index contributed by atoms with van der Waals surface area (Å²) in [7, 11) is -7.15. The number of ketones is 1. The van der Waals surface area contributed by atoms with Crippen molar-refractivity contribution in [2.75, 3.05) is 11.0 Å². The first-order valence-electron chi connectivity index (χ1n) is 6.53. The highest BCUT2D eigenvalue weighted by atomic mass is 32.2. The van der Waals surface area contributed by atoms with Gasteiger partial charge >= 0.3 is 0 Å².